The highest BCUT2D eigenvalue weighted by Crippen LogP contribution is 2.29. The van der Waals surface area contributed by atoms with Gasteiger partial charge in [0.1, 0.15) is 11.4 Å². The number of imide groups is 1. The van der Waals surface area contributed by atoms with Crippen molar-refractivity contribution in [2.45, 2.75) is 26.3 Å². The molecule has 1 saturated heterocycles. The number of urea groups is 1. The number of carbonyl (C=O) groups excluding carboxylic acids is 3. The van der Waals surface area contributed by atoms with E-state index >= 15 is 0 Å². The molecule has 0 saturated carbocycles. The van der Waals surface area contributed by atoms with Crippen LogP contribution in [0.3, 0.4) is 0 Å². The van der Waals surface area contributed by atoms with Gasteiger partial charge in [-0.3, -0.25) is 14.5 Å². The van der Waals surface area contributed by atoms with Gasteiger partial charge in [0.25, 0.3) is 5.91 Å². The number of hydrogen-bond donors (Lipinski definition) is 1. The summed E-state index contributed by atoms with van der Waals surface area (Å²) in [7, 11) is 0. The monoisotopic (exact) mass is 419 g/mol. The normalized spacial score (nSPS) is 18.4. The maximum absolute atomic E-state index is 13.7. The molecule has 4 rings (SSSR count). The average molecular weight is 419 g/mol. The number of ketones is 1. The third kappa shape index (κ3) is 3.42. The second kappa shape index (κ2) is 7.50. The molecule has 1 atom stereocenters. The first-order chi connectivity index (χ1) is 14.7. The minimum atomic E-state index is -1.23. The molecule has 1 unspecified atom stereocenters. The molecule has 7 heteroatoms. The van der Waals surface area contributed by atoms with Gasteiger partial charge < -0.3 is 9.88 Å². The predicted octanol–water partition coefficient (Wildman–Crippen LogP) is 3.88. The van der Waals surface area contributed by atoms with Gasteiger partial charge in [-0.15, -0.1) is 0 Å². The van der Waals surface area contributed by atoms with E-state index in [-0.39, 0.29) is 18.1 Å². The van der Waals surface area contributed by atoms with Crippen molar-refractivity contribution in [1.82, 2.24) is 14.8 Å². The lowest BCUT2D eigenvalue weighted by Crippen LogP contribution is -2.41. The molecule has 2 aromatic carbocycles. The molecule has 0 aliphatic carbocycles. The van der Waals surface area contributed by atoms with Crippen LogP contribution in [0.15, 0.2) is 60.7 Å². The van der Waals surface area contributed by atoms with Crippen molar-refractivity contribution in [3.8, 4) is 5.69 Å². The largest absolute Gasteiger partial charge is 0.325 e. The summed E-state index contributed by atoms with van der Waals surface area (Å²) in [4.78, 5) is 39.6. The van der Waals surface area contributed by atoms with Crippen LogP contribution in [0.5, 0.6) is 0 Å². The Bertz CT molecular complexity index is 1200. The van der Waals surface area contributed by atoms with E-state index < -0.39 is 17.5 Å². The maximum atomic E-state index is 13.7. The maximum Gasteiger partial charge on any atom is 0.325 e. The minimum absolute atomic E-state index is 0.364. The number of hydrogen-bond acceptors (Lipinski definition) is 3. The fourth-order valence-corrected chi connectivity index (χ4v) is 4.09. The number of carbonyl (C=O) groups is 3. The Morgan fingerprint density at radius 2 is 1.74 bits per heavy atom. The van der Waals surface area contributed by atoms with Crippen molar-refractivity contribution in [2.75, 3.05) is 6.54 Å². The zero-order valence-corrected chi connectivity index (χ0v) is 17.5. The van der Waals surface area contributed by atoms with Gasteiger partial charge in [0.05, 0.1) is 6.54 Å². The first kappa shape index (κ1) is 20.5. The van der Waals surface area contributed by atoms with E-state index in [0.717, 1.165) is 10.6 Å². The number of nitrogens with zero attached hydrogens (tertiary/aromatic N) is 2. The molecule has 0 bridgehead atoms. The van der Waals surface area contributed by atoms with Crippen LogP contribution in [0.1, 0.15) is 34.2 Å². The summed E-state index contributed by atoms with van der Waals surface area (Å²) in [6, 6.07) is 16.1. The molecule has 6 nitrogen and oxygen atoms in total. The topological polar surface area (TPSA) is 71.4 Å². The highest BCUT2D eigenvalue weighted by atomic mass is 19.1. The minimum Gasteiger partial charge on any atom is -0.319 e. The Hall–Kier alpha value is -3.74. The zero-order valence-electron chi connectivity index (χ0n) is 17.5. The lowest BCUT2D eigenvalue weighted by molar-refractivity contribution is -0.130. The lowest BCUT2D eigenvalue weighted by Gasteiger charge is -2.22. The van der Waals surface area contributed by atoms with Crippen LogP contribution in [0.2, 0.25) is 0 Å². The molecule has 31 heavy (non-hydrogen) atoms. The van der Waals surface area contributed by atoms with Gasteiger partial charge in [0, 0.05) is 22.6 Å². The van der Waals surface area contributed by atoms with Crippen LogP contribution in [0.25, 0.3) is 5.69 Å². The summed E-state index contributed by atoms with van der Waals surface area (Å²) in [5, 5.41) is 2.70. The molecule has 1 aliphatic rings. The van der Waals surface area contributed by atoms with Crippen LogP contribution in [-0.4, -0.2) is 33.7 Å². The van der Waals surface area contributed by atoms with E-state index in [4.69, 9.17) is 0 Å². The summed E-state index contributed by atoms with van der Waals surface area (Å²) < 4.78 is 15.5. The summed E-state index contributed by atoms with van der Waals surface area (Å²) >= 11 is 0. The molecule has 2 heterocycles. The van der Waals surface area contributed by atoms with Crippen LogP contribution >= 0.6 is 0 Å². The van der Waals surface area contributed by atoms with Crippen molar-refractivity contribution >= 4 is 17.7 Å². The molecular formula is C24H22FN3O3. The highest BCUT2D eigenvalue weighted by molar-refractivity contribution is 6.11. The van der Waals surface area contributed by atoms with Gasteiger partial charge in [-0.2, -0.15) is 0 Å². The number of aromatic nitrogens is 1. The summed E-state index contributed by atoms with van der Waals surface area (Å²) in [5.74, 6) is -1.22. The smallest absolute Gasteiger partial charge is 0.319 e. The molecule has 0 spiro atoms. The molecule has 1 aromatic heterocycles. The van der Waals surface area contributed by atoms with Crippen molar-refractivity contribution in [3.05, 3.63) is 89.0 Å². The van der Waals surface area contributed by atoms with Crippen LogP contribution in [0.4, 0.5) is 9.18 Å². The van der Waals surface area contributed by atoms with Gasteiger partial charge in [-0.25, -0.2) is 9.18 Å². The number of nitrogens with one attached hydrogen (secondary N) is 1. The van der Waals surface area contributed by atoms with E-state index in [2.05, 4.69) is 5.32 Å². The number of benzene rings is 2. The molecular weight excluding hydrogens is 397 g/mol. The van der Waals surface area contributed by atoms with Crippen molar-refractivity contribution in [3.63, 3.8) is 0 Å². The van der Waals surface area contributed by atoms with Crippen LogP contribution in [0, 0.1) is 19.7 Å². The Balaban J connectivity index is 1.61. The van der Waals surface area contributed by atoms with Gasteiger partial charge in [-0.05, 0) is 50.6 Å². The van der Waals surface area contributed by atoms with Crippen molar-refractivity contribution in [2.24, 2.45) is 0 Å². The molecule has 1 fully saturated rings. The molecule has 1 aliphatic heterocycles. The fourth-order valence-electron chi connectivity index (χ4n) is 4.09. The number of rotatable bonds is 5. The average Bonchev–Trinajstić information content (AvgIpc) is 3.16. The number of halogens is 1. The quantitative estimate of drug-likeness (QED) is 0.504. The molecule has 3 aromatic rings. The third-order valence-corrected chi connectivity index (χ3v) is 5.73. The first-order valence-corrected chi connectivity index (χ1v) is 9.90. The van der Waals surface area contributed by atoms with E-state index in [1.165, 1.54) is 12.1 Å². The second-order valence-electron chi connectivity index (χ2n) is 7.84. The van der Waals surface area contributed by atoms with Gasteiger partial charge in [-0.1, -0.05) is 36.4 Å². The summed E-state index contributed by atoms with van der Waals surface area (Å²) in [6.45, 7) is 4.82. The van der Waals surface area contributed by atoms with E-state index in [0.29, 0.717) is 22.5 Å². The Morgan fingerprint density at radius 1 is 1.03 bits per heavy atom. The molecule has 0 radical (unpaired) electrons. The van der Waals surface area contributed by atoms with Crippen LogP contribution in [-0.2, 0) is 10.3 Å². The summed E-state index contributed by atoms with van der Waals surface area (Å²) in [6.07, 6.45) is 0. The lowest BCUT2D eigenvalue weighted by atomic mass is 9.92. The van der Waals surface area contributed by atoms with Gasteiger partial charge in [0.2, 0.25) is 0 Å². The fraction of sp³-hybridized carbons (Fsp3) is 0.208. The Kier molecular flexibility index (Phi) is 4.97. The second-order valence-corrected chi connectivity index (χ2v) is 7.84. The number of Topliss-reactive ketones (excluding diaryl/α,β-unsaturated/α-hetero) is 1. The van der Waals surface area contributed by atoms with Crippen molar-refractivity contribution in [1.29, 1.82) is 0 Å². The summed E-state index contributed by atoms with van der Waals surface area (Å²) in [5.41, 5.74) is 1.77. The molecule has 3 amide bonds. The van der Waals surface area contributed by atoms with Gasteiger partial charge in [0.15, 0.2) is 5.78 Å². The zero-order chi connectivity index (χ0) is 22.3. The van der Waals surface area contributed by atoms with E-state index in [1.807, 2.05) is 13.0 Å². The van der Waals surface area contributed by atoms with Crippen molar-refractivity contribution < 1.29 is 18.8 Å². The Labute approximate surface area is 179 Å². The van der Waals surface area contributed by atoms with Crippen LogP contribution < -0.4 is 5.32 Å². The van der Waals surface area contributed by atoms with E-state index in [9.17, 15) is 18.8 Å². The first-order valence-electron chi connectivity index (χ1n) is 9.90. The van der Waals surface area contributed by atoms with E-state index in [1.54, 1.807) is 60.9 Å². The third-order valence-electron chi connectivity index (χ3n) is 5.73. The number of aryl methyl sites for hydroxylation is 1. The van der Waals surface area contributed by atoms with Gasteiger partial charge >= 0.3 is 6.03 Å². The Morgan fingerprint density at radius 3 is 2.42 bits per heavy atom. The molecule has 1 N–H and O–H groups in total. The molecule has 158 valence electrons. The highest BCUT2D eigenvalue weighted by Gasteiger charge is 2.49. The number of amides is 3. The standard InChI is InChI=1S/C24H22FN3O3/c1-15-12-20(16(2)28(15)19-11-7-10-18(25)13-19)21(29)14-27-22(30)24(3,26-23(27)31)17-8-5-4-6-9-17/h4-13H,14H2,1-3H3,(H,26,31). The SMILES string of the molecule is Cc1cc(C(=O)CN2C(=O)NC(C)(c3ccccc3)C2=O)c(C)n1-c1cccc(F)c1. The predicted molar refractivity (Wildman–Crippen MR) is 114 cm³/mol.